The molecular weight excluding hydrogens is 926 g/mol. The third kappa shape index (κ3) is 62.2. The second-order valence-corrected chi connectivity index (χ2v) is 25.3. The van der Waals surface area contributed by atoms with Crippen molar-refractivity contribution in [3.05, 3.63) is 0 Å². The van der Waals surface area contributed by atoms with Crippen molar-refractivity contribution in [1.29, 1.82) is 0 Å². The molecule has 0 saturated heterocycles. The highest BCUT2D eigenvalue weighted by atomic mass is 31.2. The molecule has 0 aliphatic rings. The van der Waals surface area contributed by atoms with Gasteiger partial charge in [-0.2, -0.15) is 0 Å². The number of hydrogen-bond donors (Lipinski definition) is 1. The lowest BCUT2D eigenvalue weighted by Crippen LogP contribution is -2.37. The molecule has 438 valence electrons. The van der Waals surface area contributed by atoms with Gasteiger partial charge in [-0.3, -0.25) is 13.8 Å². The van der Waals surface area contributed by atoms with Crippen LogP contribution in [0.25, 0.3) is 0 Å². The van der Waals surface area contributed by atoms with Gasteiger partial charge in [0.15, 0.2) is 0 Å². The third-order valence-electron chi connectivity index (χ3n) is 15.2. The van der Waals surface area contributed by atoms with Crippen molar-refractivity contribution in [2.24, 2.45) is 0 Å². The summed E-state index contributed by atoms with van der Waals surface area (Å²) in [5.41, 5.74) is 0. The van der Waals surface area contributed by atoms with E-state index in [0.29, 0.717) is 24.1 Å². The number of unbranched alkanes of at least 4 members (excludes halogenated alkanes) is 49. The summed E-state index contributed by atoms with van der Waals surface area (Å²) in [5, 5.41) is 0. The fraction of sp³-hybridized carbons (Fsp3) is 0.984. The third-order valence-corrected chi connectivity index (χ3v) is 16.2. The quantitative estimate of drug-likeness (QED) is 0.0281. The SMILES string of the molecule is CCCCCCCCCCCCCCCCCCCCCCCCCCCCOCC(COP(=O)(O)OCC[N+](C)(C)C)OC(=O)CCCCCCCCCCCCCCCCCCCCCCCCCCC. The number of nitrogens with zero attached hydrogens (tertiary/aromatic N) is 1. The van der Waals surface area contributed by atoms with Crippen molar-refractivity contribution in [2.45, 2.75) is 354 Å². The number of carbonyl (C=O) groups is 1. The Kier molecular flexibility index (Phi) is 57.3. The standard InChI is InChI=1S/C64H130NO7P/c1-6-8-10-12-14-16-18-20-22-24-26-28-30-32-34-36-38-40-42-44-46-48-50-52-54-56-59-69-61-63(62-71-73(67,68)70-60-58-65(3,4)5)72-64(66)57-55-53-51-49-47-45-43-41-39-37-35-33-31-29-27-25-23-21-19-17-15-13-11-9-7-2/h63H,6-62H2,1-5H3/p+1. The van der Waals surface area contributed by atoms with Crippen molar-refractivity contribution >= 4 is 13.8 Å². The molecule has 0 spiro atoms. The van der Waals surface area contributed by atoms with Gasteiger partial charge < -0.3 is 18.9 Å². The molecule has 0 rings (SSSR count). The minimum Gasteiger partial charge on any atom is -0.457 e. The first-order valence-corrected chi connectivity index (χ1v) is 34.3. The van der Waals surface area contributed by atoms with E-state index < -0.39 is 13.9 Å². The van der Waals surface area contributed by atoms with Crippen LogP contribution in [-0.4, -0.2) is 75.6 Å². The van der Waals surface area contributed by atoms with E-state index in [1.165, 1.54) is 295 Å². The van der Waals surface area contributed by atoms with Crippen molar-refractivity contribution in [3.8, 4) is 0 Å². The van der Waals surface area contributed by atoms with Gasteiger partial charge in [0.2, 0.25) is 0 Å². The fourth-order valence-electron chi connectivity index (χ4n) is 10.1. The fourth-order valence-corrected chi connectivity index (χ4v) is 10.9. The molecule has 0 saturated carbocycles. The zero-order valence-corrected chi connectivity index (χ0v) is 51.1. The summed E-state index contributed by atoms with van der Waals surface area (Å²) in [6.45, 7) is 5.74. The molecule has 0 aromatic heterocycles. The Hall–Kier alpha value is -0.500. The van der Waals surface area contributed by atoms with Gasteiger partial charge in [-0.1, -0.05) is 328 Å². The van der Waals surface area contributed by atoms with Crippen LogP contribution in [-0.2, 0) is 27.9 Å². The van der Waals surface area contributed by atoms with E-state index in [4.69, 9.17) is 18.5 Å². The monoisotopic (exact) mass is 1060 g/mol. The Balaban J connectivity index is 3.93. The highest BCUT2D eigenvalue weighted by Crippen LogP contribution is 2.43. The Morgan fingerprint density at radius 1 is 0.370 bits per heavy atom. The van der Waals surface area contributed by atoms with Crippen molar-refractivity contribution in [1.82, 2.24) is 0 Å². The Labute approximate surface area is 457 Å². The molecule has 8 nitrogen and oxygen atoms in total. The van der Waals surface area contributed by atoms with Gasteiger partial charge in [-0.15, -0.1) is 0 Å². The zero-order chi connectivity index (χ0) is 53.3. The second-order valence-electron chi connectivity index (χ2n) is 23.9. The summed E-state index contributed by atoms with van der Waals surface area (Å²) in [6.07, 6.45) is 69.1. The van der Waals surface area contributed by atoms with Crippen molar-refractivity contribution in [2.75, 3.05) is 54.1 Å². The highest BCUT2D eigenvalue weighted by Gasteiger charge is 2.26. The maximum atomic E-state index is 12.8. The van der Waals surface area contributed by atoms with E-state index in [2.05, 4.69) is 13.8 Å². The van der Waals surface area contributed by atoms with Gasteiger partial charge >= 0.3 is 13.8 Å². The first-order valence-electron chi connectivity index (χ1n) is 32.8. The topological polar surface area (TPSA) is 91.3 Å². The summed E-state index contributed by atoms with van der Waals surface area (Å²) in [7, 11) is 1.70. The molecule has 2 unspecified atom stereocenters. The number of rotatable bonds is 63. The molecule has 0 amide bonds. The normalized spacial score (nSPS) is 13.2. The van der Waals surface area contributed by atoms with Crippen LogP contribution in [0.2, 0.25) is 0 Å². The first kappa shape index (κ1) is 72.5. The minimum absolute atomic E-state index is 0.0947. The average Bonchev–Trinajstić information content (AvgIpc) is 3.35. The van der Waals surface area contributed by atoms with Crippen LogP contribution < -0.4 is 0 Å². The lowest BCUT2D eigenvalue weighted by molar-refractivity contribution is -0.870. The molecule has 0 aromatic carbocycles. The van der Waals surface area contributed by atoms with Crippen molar-refractivity contribution < 1.29 is 37.3 Å². The summed E-state index contributed by atoms with van der Waals surface area (Å²) in [4.78, 5) is 23.2. The minimum atomic E-state index is -4.28. The van der Waals surface area contributed by atoms with Crippen LogP contribution in [0.3, 0.4) is 0 Å². The number of phosphoric acid groups is 1. The molecule has 0 fully saturated rings. The molecule has 0 radical (unpaired) electrons. The van der Waals surface area contributed by atoms with Crippen LogP contribution in [0.5, 0.6) is 0 Å². The predicted molar refractivity (Wildman–Crippen MR) is 317 cm³/mol. The Morgan fingerprint density at radius 3 is 0.904 bits per heavy atom. The van der Waals surface area contributed by atoms with Gasteiger partial charge in [-0.05, 0) is 12.8 Å². The molecule has 9 heteroatoms. The average molecular weight is 1060 g/mol. The molecule has 0 bridgehead atoms. The number of esters is 1. The van der Waals surface area contributed by atoms with Gasteiger partial charge in [0.1, 0.15) is 19.3 Å². The lowest BCUT2D eigenvalue weighted by Gasteiger charge is -2.24. The molecule has 73 heavy (non-hydrogen) atoms. The first-order chi connectivity index (χ1) is 35.6. The van der Waals surface area contributed by atoms with Gasteiger partial charge in [0, 0.05) is 13.0 Å². The molecule has 0 aliphatic carbocycles. The summed E-state index contributed by atoms with van der Waals surface area (Å²) in [5.74, 6) is -0.301. The van der Waals surface area contributed by atoms with Crippen molar-refractivity contribution in [3.63, 3.8) is 0 Å². The van der Waals surface area contributed by atoms with Crippen LogP contribution in [0.15, 0.2) is 0 Å². The molecular formula is C64H131NO7P+. The number of hydrogen-bond acceptors (Lipinski definition) is 6. The van der Waals surface area contributed by atoms with E-state index in [1.54, 1.807) is 0 Å². The van der Waals surface area contributed by atoms with E-state index in [0.717, 1.165) is 32.1 Å². The predicted octanol–water partition coefficient (Wildman–Crippen LogP) is 21.1. The summed E-state index contributed by atoms with van der Waals surface area (Å²) < 4.78 is 35.4. The van der Waals surface area contributed by atoms with E-state index in [9.17, 15) is 14.3 Å². The van der Waals surface area contributed by atoms with Gasteiger partial charge in [0.05, 0.1) is 34.4 Å². The number of ether oxygens (including phenoxy) is 2. The maximum Gasteiger partial charge on any atom is 0.472 e. The number of quaternary nitrogens is 1. The van der Waals surface area contributed by atoms with E-state index in [1.807, 2.05) is 21.1 Å². The zero-order valence-electron chi connectivity index (χ0n) is 50.2. The van der Waals surface area contributed by atoms with Crippen LogP contribution >= 0.6 is 7.82 Å². The van der Waals surface area contributed by atoms with Crippen LogP contribution in [0, 0.1) is 0 Å². The summed E-state index contributed by atoms with van der Waals surface area (Å²) in [6, 6.07) is 0. The maximum absolute atomic E-state index is 12.8. The molecule has 0 aliphatic heterocycles. The Bertz CT molecular complexity index is 1130. The van der Waals surface area contributed by atoms with Crippen LogP contribution in [0.1, 0.15) is 348 Å². The van der Waals surface area contributed by atoms with Crippen LogP contribution in [0.4, 0.5) is 0 Å². The summed E-state index contributed by atoms with van der Waals surface area (Å²) >= 11 is 0. The number of carbonyl (C=O) groups excluding carboxylic acids is 1. The second kappa shape index (κ2) is 57.7. The largest absolute Gasteiger partial charge is 0.472 e. The smallest absolute Gasteiger partial charge is 0.457 e. The van der Waals surface area contributed by atoms with E-state index >= 15 is 0 Å². The number of likely N-dealkylation sites (N-methyl/N-ethyl adjacent to an activating group) is 1. The highest BCUT2D eigenvalue weighted by molar-refractivity contribution is 7.47. The molecule has 0 heterocycles. The van der Waals surface area contributed by atoms with E-state index in [-0.39, 0.29) is 25.8 Å². The lowest BCUT2D eigenvalue weighted by atomic mass is 10.0. The Morgan fingerprint density at radius 2 is 0.630 bits per heavy atom. The van der Waals surface area contributed by atoms with Gasteiger partial charge in [0.25, 0.3) is 0 Å². The van der Waals surface area contributed by atoms with Gasteiger partial charge in [-0.25, -0.2) is 4.57 Å². The molecule has 1 N–H and O–H groups in total. The molecule has 0 aromatic rings. The molecule has 2 atom stereocenters. The number of phosphoric ester groups is 1.